The summed E-state index contributed by atoms with van der Waals surface area (Å²) < 4.78 is 12.0. The van der Waals surface area contributed by atoms with Crippen molar-refractivity contribution >= 4 is 17.6 Å². The summed E-state index contributed by atoms with van der Waals surface area (Å²) in [6.07, 6.45) is 1.47. The van der Waals surface area contributed by atoms with Gasteiger partial charge < -0.3 is 14.6 Å². The average Bonchev–Trinajstić information content (AvgIpc) is 3.29. The molecule has 5 nitrogen and oxygen atoms in total. The van der Waals surface area contributed by atoms with E-state index in [1.165, 1.54) is 0 Å². The molecule has 33 heavy (non-hydrogen) atoms. The number of carboxylic acid groups (broad SMARTS) is 1. The van der Waals surface area contributed by atoms with Crippen LogP contribution < -0.4 is 9.47 Å². The number of rotatable bonds is 9. The largest absolute Gasteiger partial charge is 0.490 e. The summed E-state index contributed by atoms with van der Waals surface area (Å²) in [4.78, 5) is 14.0. The lowest BCUT2D eigenvalue weighted by molar-refractivity contribution is -0.142. The van der Waals surface area contributed by atoms with Crippen molar-refractivity contribution in [3.8, 4) is 11.5 Å². The number of carbonyl (C=O) groups is 1. The van der Waals surface area contributed by atoms with E-state index in [2.05, 4.69) is 0 Å². The summed E-state index contributed by atoms with van der Waals surface area (Å²) in [5.74, 6) is 0.502. The summed E-state index contributed by atoms with van der Waals surface area (Å²) in [6, 6.07) is 22.7. The third-order valence-electron chi connectivity index (χ3n) is 5.90. The van der Waals surface area contributed by atoms with E-state index in [0.717, 1.165) is 23.1 Å². The molecule has 4 rings (SSSR count). The average molecular weight is 466 g/mol. The number of halogens is 1. The van der Waals surface area contributed by atoms with Gasteiger partial charge >= 0.3 is 5.97 Å². The Labute approximate surface area is 199 Å². The summed E-state index contributed by atoms with van der Waals surface area (Å²) in [5.41, 5.74) is 2.97. The molecular weight excluding hydrogens is 438 g/mol. The molecule has 1 aliphatic rings. The van der Waals surface area contributed by atoms with Crippen LogP contribution in [0.5, 0.6) is 11.5 Å². The van der Waals surface area contributed by atoms with E-state index in [4.69, 9.17) is 21.1 Å². The molecule has 2 unspecified atom stereocenters. The van der Waals surface area contributed by atoms with Crippen molar-refractivity contribution in [2.24, 2.45) is 0 Å². The molecule has 0 bridgehead atoms. The van der Waals surface area contributed by atoms with Gasteiger partial charge in [0.15, 0.2) is 11.5 Å². The topological polar surface area (TPSA) is 59.0 Å². The second-order valence-corrected chi connectivity index (χ2v) is 8.54. The first-order valence-corrected chi connectivity index (χ1v) is 11.6. The highest BCUT2D eigenvalue weighted by Crippen LogP contribution is 2.39. The summed E-state index contributed by atoms with van der Waals surface area (Å²) in [7, 11) is 0. The summed E-state index contributed by atoms with van der Waals surface area (Å²) in [6.45, 7) is 3.56. The molecule has 0 spiro atoms. The molecule has 0 amide bonds. The molecule has 0 saturated carbocycles. The zero-order valence-corrected chi connectivity index (χ0v) is 19.4. The number of hydrogen-bond donors (Lipinski definition) is 1. The van der Waals surface area contributed by atoms with Crippen molar-refractivity contribution in [2.75, 3.05) is 13.2 Å². The number of carboxylic acids is 1. The van der Waals surface area contributed by atoms with Gasteiger partial charge in [-0.2, -0.15) is 0 Å². The van der Waals surface area contributed by atoms with E-state index in [1.54, 1.807) is 0 Å². The molecule has 172 valence electrons. The van der Waals surface area contributed by atoms with Crippen molar-refractivity contribution in [1.82, 2.24) is 4.90 Å². The third-order valence-corrected chi connectivity index (χ3v) is 6.13. The SMILES string of the molecule is CCOc1cc(C(c2cccc(Cl)c2)N2CCCC2C(=O)O)ccc1OCc1ccccc1. The van der Waals surface area contributed by atoms with E-state index in [1.807, 2.05) is 84.6 Å². The fourth-order valence-corrected chi connectivity index (χ4v) is 4.63. The molecule has 0 radical (unpaired) electrons. The molecular formula is C27H28ClNO4. The molecule has 3 aromatic rings. The molecule has 2 atom stereocenters. The van der Waals surface area contributed by atoms with Gasteiger partial charge in [0, 0.05) is 11.6 Å². The normalized spacial score (nSPS) is 17.0. The van der Waals surface area contributed by atoms with Gasteiger partial charge in [0.1, 0.15) is 12.6 Å². The Hall–Kier alpha value is -3.02. The fourth-order valence-electron chi connectivity index (χ4n) is 4.43. The standard InChI is InChI=1S/C27H28ClNO4/c1-2-32-25-17-21(13-14-24(25)33-18-19-8-4-3-5-9-19)26(20-10-6-11-22(28)16-20)29-15-7-12-23(29)27(30)31/h3-6,8-11,13-14,16-17,23,26H,2,7,12,15,18H2,1H3,(H,30,31). The Morgan fingerprint density at radius 3 is 2.55 bits per heavy atom. The minimum atomic E-state index is -0.799. The molecule has 1 heterocycles. The Kier molecular flexibility index (Phi) is 7.53. The molecule has 3 aromatic carbocycles. The number of ether oxygens (including phenoxy) is 2. The van der Waals surface area contributed by atoms with Crippen LogP contribution in [-0.4, -0.2) is 35.2 Å². The second kappa shape index (κ2) is 10.7. The van der Waals surface area contributed by atoms with Gasteiger partial charge in [-0.05, 0) is 60.7 Å². The monoisotopic (exact) mass is 465 g/mol. The van der Waals surface area contributed by atoms with Crippen molar-refractivity contribution in [3.05, 3.63) is 94.5 Å². The fraction of sp³-hybridized carbons (Fsp3) is 0.296. The van der Waals surface area contributed by atoms with E-state index < -0.39 is 12.0 Å². The van der Waals surface area contributed by atoms with Crippen molar-refractivity contribution < 1.29 is 19.4 Å². The van der Waals surface area contributed by atoms with Gasteiger partial charge in [-0.25, -0.2) is 0 Å². The van der Waals surface area contributed by atoms with E-state index in [9.17, 15) is 9.90 Å². The Bertz CT molecular complexity index is 1090. The lowest BCUT2D eigenvalue weighted by Gasteiger charge is -2.32. The lowest BCUT2D eigenvalue weighted by atomic mass is 9.95. The smallest absolute Gasteiger partial charge is 0.320 e. The molecule has 0 aliphatic carbocycles. The second-order valence-electron chi connectivity index (χ2n) is 8.11. The van der Waals surface area contributed by atoms with E-state index in [-0.39, 0.29) is 6.04 Å². The Morgan fingerprint density at radius 2 is 1.82 bits per heavy atom. The number of hydrogen-bond acceptors (Lipinski definition) is 4. The molecule has 1 fully saturated rings. The first kappa shape index (κ1) is 23.1. The van der Waals surface area contributed by atoms with Gasteiger partial charge in [-0.15, -0.1) is 0 Å². The zero-order chi connectivity index (χ0) is 23.2. The van der Waals surface area contributed by atoms with Crippen LogP contribution >= 0.6 is 11.6 Å². The molecule has 6 heteroatoms. The van der Waals surface area contributed by atoms with Crippen LogP contribution in [0, 0.1) is 0 Å². The Morgan fingerprint density at radius 1 is 1.03 bits per heavy atom. The van der Waals surface area contributed by atoms with Crippen LogP contribution in [0.15, 0.2) is 72.8 Å². The third kappa shape index (κ3) is 5.49. The predicted molar refractivity (Wildman–Crippen MR) is 129 cm³/mol. The number of likely N-dealkylation sites (tertiary alicyclic amines) is 1. The minimum Gasteiger partial charge on any atom is -0.490 e. The maximum Gasteiger partial charge on any atom is 0.320 e. The van der Waals surface area contributed by atoms with Crippen LogP contribution in [-0.2, 0) is 11.4 Å². The number of aliphatic carboxylic acids is 1. The maximum atomic E-state index is 12.0. The molecule has 0 aromatic heterocycles. The summed E-state index contributed by atoms with van der Waals surface area (Å²) >= 11 is 6.31. The van der Waals surface area contributed by atoms with Crippen LogP contribution in [0.25, 0.3) is 0 Å². The highest BCUT2D eigenvalue weighted by molar-refractivity contribution is 6.30. The minimum absolute atomic E-state index is 0.255. The quantitative estimate of drug-likeness (QED) is 0.422. The van der Waals surface area contributed by atoms with Gasteiger partial charge in [0.05, 0.1) is 12.6 Å². The zero-order valence-electron chi connectivity index (χ0n) is 18.6. The van der Waals surface area contributed by atoms with Crippen LogP contribution in [0.1, 0.15) is 42.5 Å². The lowest BCUT2D eigenvalue weighted by Crippen LogP contribution is -2.39. The number of nitrogens with zero attached hydrogens (tertiary/aromatic N) is 1. The van der Waals surface area contributed by atoms with Crippen LogP contribution in [0.3, 0.4) is 0 Å². The van der Waals surface area contributed by atoms with Gasteiger partial charge in [0.25, 0.3) is 0 Å². The van der Waals surface area contributed by atoms with Crippen molar-refractivity contribution in [3.63, 3.8) is 0 Å². The first-order valence-electron chi connectivity index (χ1n) is 11.2. The number of benzene rings is 3. The molecule has 1 N–H and O–H groups in total. The van der Waals surface area contributed by atoms with E-state index >= 15 is 0 Å². The molecule has 1 saturated heterocycles. The predicted octanol–water partition coefficient (Wildman–Crippen LogP) is 5.96. The highest BCUT2D eigenvalue weighted by atomic mass is 35.5. The van der Waals surface area contributed by atoms with Crippen molar-refractivity contribution in [1.29, 1.82) is 0 Å². The van der Waals surface area contributed by atoms with Gasteiger partial charge in [-0.1, -0.05) is 60.1 Å². The van der Waals surface area contributed by atoms with Gasteiger partial charge in [0.2, 0.25) is 0 Å². The molecule has 1 aliphatic heterocycles. The van der Waals surface area contributed by atoms with Crippen molar-refractivity contribution in [2.45, 2.75) is 38.5 Å². The van der Waals surface area contributed by atoms with Gasteiger partial charge in [-0.3, -0.25) is 9.69 Å². The first-order chi connectivity index (χ1) is 16.1. The highest BCUT2D eigenvalue weighted by Gasteiger charge is 2.37. The van der Waals surface area contributed by atoms with Crippen LogP contribution in [0.4, 0.5) is 0 Å². The maximum absolute atomic E-state index is 12.0. The summed E-state index contributed by atoms with van der Waals surface area (Å²) in [5, 5.41) is 10.5. The Balaban J connectivity index is 1.70. The van der Waals surface area contributed by atoms with E-state index in [0.29, 0.717) is 42.7 Å². The van der Waals surface area contributed by atoms with Crippen LogP contribution in [0.2, 0.25) is 5.02 Å².